The highest BCUT2D eigenvalue weighted by Crippen LogP contribution is 2.52. The number of hydrogen-bond donors (Lipinski definition) is 0. The van der Waals surface area contributed by atoms with Crippen LogP contribution in [-0.4, -0.2) is 18.5 Å². The second kappa shape index (κ2) is 4.09. The van der Waals surface area contributed by atoms with Crippen LogP contribution in [0.4, 0.5) is 4.39 Å². The molecule has 1 aromatic rings. The Bertz CT molecular complexity index is 721. The van der Waals surface area contributed by atoms with E-state index in [0.29, 0.717) is 5.92 Å². The molecule has 0 saturated carbocycles. The minimum atomic E-state index is -0.0796. The van der Waals surface area contributed by atoms with Gasteiger partial charge in [-0.25, -0.2) is 4.39 Å². The molecule has 0 N–H and O–H groups in total. The Morgan fingerprint density at radius 3 is 2.76 bits per heavy atom. The molecule has 1 aromatic carbocycles. The van der Waals surface area contributed by atoms with Crippen LogP contribution >= 0.6 is 0 Å². The van der Waals surface area contributed by atoms with E-state index in [1.54, 1.807) is 6.08 Å². The molecule has 1 atom stereocenters. The van der Waals surface area contributed by atoms with E-state index < -0.39 is 0 Å². The third kappa shape index (κ3) is 1.81. The van der Waals surface area contributed by atoms with Crippen LogP contribution in [0.5, 0.6) is 0 Å². The molecule has 0 amide bonds. The summed E-state index contributed by atoms with van der Waals surface area (Å²) in [5.41, 5.74) is 5.58. The Morgan fingerprint density at radius 2 is 1.95 bits per heavy atom. The monoisotopic (exact) mass is 281 g/mol. The van der Waals surface area contributed by atoms with Crippen LogP contribution in [0.15, 0.2) is 47.4 Å². The van der Waals surface area contributed by atoms with Crippen molar-refractivity contribution in [3.8, 4) is 0 Å². The fraction of sp³-hybridized carbons (Fsp3) is 0.368. The summed E-state index contributed by atoms with van der Waals surface area (Å²) in [4.78, 5) is 2.23. The van der Waals surface area contributed by atoms with Crippen molar-refractivity contribution < 1.29 is 4.39 Å². The van der Waals surface area contributed by atoms with Gasteiger partial charge in [0, 0.05) is 30.8 Å². The van der Waals surface area contributed by atoms with E-state index in [4.69, 9.17) is 0 Å². The molecule has 3 aliphatic rings. The first-order chi connectivity index (χ1) is 9.96. The SMILES string of the molecule is CN1CC(C)(C)CC2C3=Cc4ccccc4C3=C(F)C=C21. The number of benzene rings is 1. The molecule has 4 rings (SSSR count). The Labute approximate surface area is 125 Å². The molecule has 1 unspecified atom stereocenters. The lowest BCUT2D eigenvalue weighted by molar-refractivity contribution is 0.153. The molecule has 0 radical (unpaired) electrons. The highest BCUT2D eigenvalue weighted by Gasteiger charge is 2.41. The number of halogens is 1. The summed E-state index contributed by atoms with van der Waals surface area (Å²) in [5.74, 6) is 0.240. The summed E-state index contributed by atoms with van der Waals surface area (Å²) >= 11 is 0. The van der Waals surface area contributed by atoms with Crippen molar-refractivity contribution in [3.63, 3.8) is 0 Å². The van der Waals surface area contributed by atoms with E-state index in [9.17, 15) is 4.39 Å². The third-order valence-corrected chi connectivity index (χ3v) is 4.94. The summed E-state index contributed by atoms with van der Waals surface area (Å²) in [6.45, 7) is 5.59. The summed E-state index contributed by atoms with van der Waals surface area (Å²) in [5, 5.41) is 0. The quantitative estimate of drug-likeness (QED) is 0.669. The molecule has 2 heteroatoms. The van der Waals surface area contributed by atoms with Gasteiger partial charge in [0.25, 0.3) is 0 Å². The zero-order chi connectivity index (χ0) is 14.8. The van der Waals surface area contributed by atoms with E-state index in [-0.39, 0.29) is 11.2 Å². The van der Waals surface area contributed by atoms with E-state index in [1.807, 2.05) is 18.2 Å². The molecule has 1 saturated heterocycles. The molecule has 1 aliphatic heterocycles. The second-order valence-electron chi connectivity index (χ2n) is 7.26. The molecular weight excluding hydrogens is 261 g/mol. The molecule has 0 bridgehead atoms. The van der Waals surface area contributed by atoms with Crippen LogP contribution in [0.1, 0.15) is 31.4 Å². The topological polar surface area (TPSA) is 3.24 Å². The van der Waals surface area contributed by atoms with Gasteiger partial charge in [0.05, 0.1) is 0 Å². The second-order valence-corrected chi connectivity index (χ2v) is 7.26. The normalized spacial score (nSPS) is 25.9. The highest BCUT2D eigenvalue weighted by atomic mass is 19.1. The lowest BCUT2D eigenvalue weighted by Crippen LogP contribution is -2.42. The van der Waals surface area contributed by atoms with Crippen LogP contribution in [-0.2, 0) is 0 Å². The number of hydrogen-bond acceptors (Lipinski definition) is 1. The fourth-order valence-corrected chi connectivity index (χ4v) is 4.19. The average molecular weight is 281 g/mol. The van der Waals surface area contributed by atoms with Crippen molar-refractivity contribution in [3.05, 3.63) is 58.6 Å². The van der Waals surface area contributed by atoms with Gasteiger partial charge in [0.2, 0.25) is 0 Å². The Hall–Kier alpha value is -1.83. The molecule has 21 heavy (non-hydrogen) atoms. The van der Waals surface area contributed by atoms with E-state index >= 15 is 0 Å². The van der Waals surface area contributed by atoms with Crippen LogP contribution in [0, 0.1) is 11.3 Å². The Kier molecular flexibility index (Phi) is 2.51. The Morgan fingerprint density at radius 1 is 1.19 bits per heavy atom. The van der Waals surface area contributed by atoms with Crippen molar-refractivity contribution in [2.24, 2.45) is 11.3 Å². The summed E-state index contributed by atoms with van der Waals surface area (Å²) in [6, 6.07) is 8.13. The van der Waals surface area contributed by atoms with Crippen LogP contribution < -0.4 is 0 Å². The molecule has 1 nitrogen and oxygen atoms in total. The number of likely N-dealkylation sites (tertiary alicyclic amines) is 1. The minimum Gasteiger partial charge on any atom is -0.377 e. The summed E-state index contributed by atoms with van der Waals surface area (Å²) < 4.78 is 14.7. The number of nitrogens with zero attached hydrogens (tertiary/aromatic N) is 1. The number of rotatable bonds is 0. The summed E-state index contributed by atoms with van der Waals surface area (Å²) in [6.07, 6.45) is 5.03. The van der Waals surface area contributed by atoms with Crippen molar-refractivity contribution >= 4 is 11.6 Å². The van der Waals surface area contributed by atoms with E-state index in [2.05, 4.69) is 37.9 Å². The largest absolute Gasteiger partial charge is 0.377 e. The first-order valence-electron chi connectivity index (χ1n) is 7.60. The van der Waals surface area contributed by atoms with Gasteiger partial charge in [-0.15, -0.1) is 0 Å². The van der Waals surface area contributed by atoms with E-state index in [1.165, 1.54) is 5.57 Å². The van der Waals surface area contributed by atoms with Crippen molar-refractivity contribution in [2.45, 2.75) is 20.3 Å². The zero-order valence-corrected chi connectivity index (χ0v) is 12.8. The number of fused-ring (bicyclic) bond motifs is 5. The van der Waals surface area contributed by atoms with Gasteiger partial charge in [-0.3, -0.25) is 0 Å². The van der Waals surface area contributed by atoms with Gasteiger partial charge in [0.15, 0.2) is 0 Å². The van der Waals surface area contributed by atoms with Gasteiger partial charge < -0.3 is 4.90 Å². The van der Waals surface area contributed by atoms with Gasteiger partial charge in [-0.1, -0.05) is 38.1 Å². The van der Waals surface area contributed by atoms with Gasteiger partial charge in [-0.2, -0.15) is 0 Å². The molecule has 2 aliphatic carbocycles. The lowest BCUT2D eigenvalue weighted by atomic mass is 9.71. The van der Waals surface area contributed by atoms with Crippen LogP contribution in [0.25, 0.3) is 11.6 Å². The van der Waals surface area contributed by atoms with Gasteiger partial charge in [0.1, 0.15) is 5.83 Å². The van der Waals surface area contributed by atoms with Gasteiger partial charge in [-0.05, 0) is 40.7 Å². The average Bonchev–Trinajstić information content (AvgIpc) is 2.80. The third-order valence-electron chi connectivity index (χ3n) is 4.94. The predicted molar refractivity (Wildman–Crippen MR) is 85.0 cm³/mol. The maximum absolute atomic E-state index is 14.7. The van der Waals surface area contributed by atoms with Crippen molar-refractivity contribution in [1.82, 2.24) is 4.90 Å². The highest BCUT2D eigenvalue weighted by molar-refractivity contribution is 5.98. The zero-order valence-electron chi connectivity index (χ0n) is 12.8. The lowest BCUT2D eigenvalue weighted by Gasteiger charge is -2.46. The molecular formula is C19H20FN. The smallest absolute Gasteiger partial charge is 0.133 e. The van der Waals surface area contributed by atoms with Crippen LogP contribution in [0.3, 0.4) is 0 Å². The molecule has 0 aromatic heterocycles. The van der Waals surface area contributed by atoms with Crippen molar-refractivity contribution in [1.29, 1.82) is 0 Å². The molecule has 1 heterocycles. The Balaban J connectivity index is 1.89. The van der Waals surface area contributed by atoms with E-state index in [0.717, 1.165) is 35.4 Å². The fourth-order valence-electron chi connectivity index (χ4n) is 4.19. The maximum atomic E-state index is 14.7. The predicted octanol–water partition coefficient (Wildman–Crippen LogP) is 4.64. The van der Waals surface area contributed by atoms with Crippen molar-refractivity contribution in [2.75, 3.05) is 13.6 Å². The van der Waals surface area contributed by atoms with Gasteiger partial charge >= 0.3 is 0 Å². The number of piperidine rings is 1. The number of allylic oxidation sites excluding steroid dienone is 4. The molecule has 108 valence electrons. The maximum Gasteiger partial charge on any atom is 0.133 e. The van der Waals surface area contributed by atoms with Crippen LogP contribution in [0.2, 0.25) is 0 Å². The first-order valence-corrected chi connectivity index (χ1v) is 7.60. The molecule has 0 spiro atoms. The first kappa shape index (κ1) is 12.9. The standard InChI is InChI=1S/C19H20FN/c1-19(2)10-15-14-8-12-6-4-5-7-13(12)18(14)16(20)9-17(15)21(3)11-19/h4-9,15H,10-11H2,1-3H3. The summed E-state index contributed by atoms with van der Waals surface area (Å²) in [7, 11) is 2.08. The minimum absolute atomic E-state index is 0.0796. The molecule has 1 fully saturated rings.